The molecule has 0 nitrogen and oxygen atoms in total. The summed E-state index contributed by atoms with van der Waals surface area (Å²) in [6.07, 6.45) is 19.5. The molecule has 0 bridgehead atoms. The third-order valence-electron chi connectivity index (χ3n) is 8.51. The van der Waals surface area contributed by atoms with E-state index in [1.54, 1.807) is 0 Å². The fourth-order valence-electron chi connectivity index (χ4n) is 5.37. The molecule has 6 rings (SSSR count). The average Bonchev–Trinajstić information content (AvgIpc) is 3.74. The van der Waals surface area contributed by atoms with Crippen LogP contribution in [0.5, 0.6) is 0 Å². The van der Waals surface area contributed by atoms with Gasteiger partial charge >= 0.3 is 28.4 Å². The molecule has 0 spiro atoms. The van der Waals surface area contributed by atoms with Gasteiger partial charge in [0, 0.05) is 0 Å². The van der Waals surface area contributed by atoms with Crippen molar-refractivity contribution in [2.24, 2.45) is 0 Å². The molecule has 0 aliphatic heterocycles. The molecule has 0 aromatic heterocycles. The van der Waals surface area contributed by atoms with Crippen LogP contribution >= 0.6 is 24.8 Å². The summed E-state index contributed by atoms with van der Waals surface area (Å²) in [6, 6.07) is 25.8. The van der Waals surface area contributed by atoms with Gasteiger partial charge in [-0.05, 0) is 10.8 Å². The van der Waals surface area contributed by atoms with E-state index in [-0.39, 0.29) is 35.6 Å². The molecule has 0 atom stereocenters. The zero-order chi connectivity index (χ0) is 34.3. The van der Waals surface area contributed by atoms with E-state index in [0.717, 1.165) is 6.42 Å². The normalized spacial score (nSPS) is 13.5. The van der Waals surface area contributed by atoms with Gasteiger partial charge in [0.15, 0.2) is 0 Å². The number of benzene rings is 3. The molecule has 0 radical (unpaired) electrons. The molecule has 2 aliphatic carbocycles. The molecule has 0 N–H and O–H groups in total. The molecular formula is C45H62Cl2Zr-4. The second-order valence-electron chi connectivity index (χ2n) is 15.1. The summed E-state index contributed by atoms with van der Waals surface area (Å²) < 4.78 is 3.34. The van der Waals surface area contributed by atoms with Gasteiger partial charge in [0.25, 0.3) is 0 Å². The number of allylic oxidation sites excluding steroid dienone is 4. The summed E-state index contributed by atoms with van der Waals surface area (Å²) in [5.41, 5.74) is 5.99. The quantitative estimate of drug-likeness (QED) is 0.178. The van der Waals surface area contributed by atoms with Gasteiger partial charge in [0.05, 0.1) is 0 Å². The fraction of sp³-hybridized carbons (Fsp3) is 0.444. The zero-order valence-corrected chi connectivity index (χ0v) is 35.6. The van der Waals surface area contributed by atoms with Crippen molar-refractivity contribution >= 4 is 50.6 Å². The third-order valence-corrected chi connectivity index (χ3v) is 8.51. The summed E-state index contributed by atoms with van der Waals surface area (Å²) in [4.78, 5) is 0. The first-order valence-electron chi connectivity index (χ1n) is 17.3. The Morgan fingerprint density at radius 1 is 0.688 bits per heavy atom. The van der Waals surface area contributed by atoms with Gasteiger partial charge in [-0.2, -0.15) is 54.3 Å². The van der Waals surface area contributed by atoms with Crippen molar-refractivity contribution in [3.63, 3.8) is 0 Å². The minimum atomic E-state index is 0. The fourth-order valence-corrected chi connectivity index (χ4v) is 5.37. The summed E-state index contributed by atoms with van der Waals surface area (Å²) >= 11 is 1.30. The molecule has 4 aromatic carbocycles. The second kappa shape index (κ2) is 22.9. The van der Waals surface area contributed by atoms with Crippen molar-refractivity contribution < 1.29 is 24.2 Å². The van der Waals surface area contributed by atoms with E-state index < -0.39 is 0 Å². The predicted octanol–water partition coefficient (Wildman–Crippen LogP) is 14.3. The minimum absolute atomic E-state index is 0. The van der Waals surface area contributed by atoms with Gasteiger partial charge < -0.3 is 6.42 Å². The monoisotopic (exact) mass is 762 g/mol. The predicted molar refractivity (Wildman–Crippen MR) is 218 cm³/mol. The Morgan fingerprint density at radius 3 is 1.42 bits per heavy atom. The van der Waals surface area contributed by atoms with Gasteiger partial charge in [-0.15, -0.1) is 71.0 Å². The molecule has 0 unspecified atom stereocenters. The van der Waals surface area contributed by atoms with Crippen molar-refractivity contribution in [3.05, 3.63) is 120 Å². The van der Waals surface area contributed by atoms with Crippen LogP contribution in [0.3, 0.4) is 0 Å². The van der Waals surface area contributed by atoms with Gasteiger partial charge in [-0.1, -0.05) is 136 Å². The summed E-state index contributed by atoms with van der Waals surface area (Å²) in [5.74, 6) is 1.22. The molecule has 48 heavy (non-hydrogen) atoms. The van der Waals surface area contributed by atoms with E-state index in [2.05, 4.69) is 159 Å². The van der Waals surface area contributed by atoms with E-state index >= 15 is 0 Å². The zero-order valence-electron chi connectivity index (χ0n) is 31.5. The van der Waals surface area contributed by atoms with Crippen molar-refractivity contribution in [3.8, 4) is 0 Å². The van der Waals surface area contributed by atoms with Crippen LogP contribution in [-0.4, -0.2) is 4.21 Å². The van der Waals surface area contributed by atoms with Crippen LogP contribution in [0.25, 0.3) is 21.5 Å². The van der Waals surface area contributed by atoms with E-state index in [1.165, 1.54) is 100 Å². The van der Waals surface area contributed by atoms with Gasteiger partial charge in [-0.3, -0.25) is 6.08 Å². The van der Waals surface area contributed by atoms with Gasteiger partial charge in [-0.25, -0.2) is 12.2 Å². The van der Waals surface area contributed by atoms with Crippen molar-refractivity contribution in [2.75, 3.05) is 0 Å². The Kier molecular flexibility index (Phi) is 22.1. The Hall–Kier alpha value is -1.66. The Balaban J connectivity index is 0.000000689. The Labute approximate surface area is 322 Å². The molecule has 0 heterocycles. The number of rotatable bonds is 2. The molecule has 264 valence electrons. The molecule has 0 amide bonds. The standard InChI is InChI=1S/C21H25.C12H17.C6H11.C5H5.CH2.2ClH.Zr/c1-20(2,3)16-7-9-18-14(12-16)11-15-13-17(21(4,5)6)8-10-19(15)18;1-9(2)11-6-5-7-12(8-11)10(3)4;1-2-4-6-5-3-1;1-2-4-5-3-1;;;;/h7-13H,1-6H3;6-10H,1-4H3;1H,2-6H2;1-3H,4H2;1H2;2*1H;/q4*-1;;;;. The second-order valence-corrected chi connectivity index (χ2v) is 15.1. The number of fused-ring (bicyclic) bond motifs is 3. The van der Waals surface area contributed by atoms with E-state index in [1.807, 2.05) is 12.2 Å². The molecular weight excluding hydrogens is 703 g/mol. The van der Waals surface area contributed by atoms with Crippen molar-refractivity contribution in [1.82, 2.24) is 0 Å². The first-order valence-corrected chi connectivity index (χ1v) is 19.0. The average molecular weight is 765 g/mol. The summed E-state index contributed by atoms with van der Waals surface area (Å²) in [5, 5.41) is 5.48. The third kappa shape index (κ3) is 15.5. The van der Waals surface area contributed by atoms with Crippen LogP contribution in [-0.2, 0) is 35.1 Å². The van der Waals surface area contributed by atoms with Crippen molar-refractivity contribution in [2.45, 2.75) is 130 Å². The summed E-state index contributed by atoms with van der Waals surface area (Å²) in [7, 11) is 0. The first kappa shape index (κ1) is 46.3. The molecule has 0 saturated heterocycles. The van der Waals surface area contributed by atoms with Crippen molar-refractivity contribution in [1.29, 1.82) is 0 Å². The topological polar surface area (TPSA) is 0 Å². The van der Waals surface area contributed by atoms with Crippen LogP contribution in [0.15, 0.2) is 78.9 Å². The number of hydrogen-bond donors (Lipinski definition) is 0. The SMILES string of the molecule is CC(C)(C)c1ccc2c(c1)[cH-]c1cc(C(C)(C)C)ccc12.CC(C)c1c[c-]cc(C(C)C)c1.Cl.Cl.[C-]1=CC=CC1.[CH-]1CCCCC1.[CH2]=[Zr]. The van der Waals surface area contributed by atoms with E-state index in [0.29, 0.717) is 11.8 Å². The summed E-state index contributed by atoms with van der Waals surface area (Å²) in [6.45, 7) is 22.5. The molecule has 1 saturated carbocycles. The van der Waals surface area contributed by atoms with Crippen LogP contribution < -0.4 is 0 Å². The van der Waals surface area contributed by atoms with Gasteiger partial charge in [0.2, 0.25) is 0 Å². The van der Waals surface area contributed by atoms with Crippen LogP contribution in [0.2, 0.25) is 0 Å². The Bertz CT molecular complexity index is 1410. The molecule has 2 aliphatic rings. The molecule has 1 fully saturated rings. The maximum absolute atomic E-state index is 3.34. The van der Waals surface area contributed by atoms with E-state index in [9.17, 15) is 0 Å². The Morgan fingerprint density at radius 2 is 1.15 bits per heavy atom. The maximum atomic E-state index is 3.34. The molecule has 3 heteroatoms. The number of hydrogen-bond acceptors (Lipinski definition) is 0. The van der Waals surface area contributed by atoms with Crippen LogP contribution in [0.1, 0.15) is 142 Å². The first-order chi connectivity index (χ1) is 21.8. The van der Waals surface area contributed by atoms with Crippen LogP contribution in [0, 0.1) is 18.6 Å². The van der Waals surface area contributed by atoms with Gasteiger partial charge in [0.1, 0.15) is 0 Å². The van der Waals surface area contributed by atoms with Crippen LogP contribution in [0.4, 0.5) is 0 Å². The molecule has 4 aromatic rings. The number of halogens is 2. The van der Waals surface area contributed by atoms with E-state index in [4.69, 9.17) is 0 Å².